The molecule has 0 aromatic rings. The number of carbonyl (C=O) groups excluding carboxylic acids is 1. The van der Waals surface area contributed by atoms with Crippen molar-refractivity contribution >= 4 is 19.8 Å². The van der Waals surface area contributed by atoms with E-state index in [0.717, 1.165) is 103 Å². The number of allylic oxidation sites excluding steroid dienone is 18. The number of hydrogen-bond donors (Lipinski definition) is 3. The highest BCUT2D eigenvalue weighted by molar-refractivity contribution is 7.47. The van der Waals surface area contributed by atoms with Crippen LogP contribution in [0, 0.1) is 0 Å². The van der Waals surface area contributed by atoms with E-state index in [1.807, 2.05) is 0 Å². The molecule has 322 valence electrons. The lowest BCUT2D eigenvalue weighted by Gasteiger charge is -2.20. The molecule has 0 spiro atoms. The molecule has 3 unspecified atom stereocenters. The minimum absolute atomic E-state index is 0.0261. The van der Waals surface area contributed by atoms with Crippen molar-refractivity contribution in [1.29, 1.82) is 0 Å². The molecule has 0 aliphatic carbocycles. The van der Waals surface area contributed by atoms with Gasteiger partial charge in [0.05, 0.1) is 19.8 Å². The summed E-state index contributed by atoms with van der Waals surface area (Å²) >= 11 is 0. The van der Waals surface area contributed by atoms with E-state index < -0.39 is 45.1 Å². The normalized spacial score (nSPS) is 15.0. The Bertz CT molecular complexity index is 1310. The van der Waals surface area contributed by atoms with Crippen LogP contribution in [0.25, 0.3) is 0 Å². The van der Waals surface area contributed by atoms with Crippen LogP contribution in [0.2, 0.25) is 0 Å². The average molecular weight is 816 g/mol. The highest BCUT2D eigenvalue weighted by Crippen LogP contribution is 2.43. The number of carboxylic acid groups (broad SMARTS) is 1. The zero-order chi connectivity index (χ0) is 41.9. The standard InChI is InChI=1S/C46H74NO9P/c1-3-5-7-9-11-13-15-17-18-19-20-21-22-23-24-25-27-29-31-33-35-37-39-53-40-43(41-54-57(51,52)55-42-44(47)46(49)50)56-45(48)38-36-34-32-30-28-26-16-14-12-10-8-6-4-2/h5-8,11-14,17-18,20-21,23-24,26-29,43-44H,3-4,9-10,15-16,19,22,25,30-42,47H2,1-2H3,(H,49,50)(H,51,52)/b7-5-,8-6-,13-11-,14-12-,18-17-,21-20-,24-23-,28-26-,29-27-. The van der Waals surface area contributed by atoms with Crippen molar-refractivity contribution in [3.8, 4) is 0 Å². The minimum atomic E-state index is -4.64. The molecule has 0 aliphatic rings. The molecule has 0 radical (unpaired) electrons. The van der Waals surface area contributed by atoms with Crippen molar-refractivity contribution in [3.05, 3.63) is 109 Å². The third-order valence-electron chi connectivity index (χ3n) is 8.05. The molecule has 0 aromatic heterocycles. The molecule has 0 saturated carbocycles. The van der Waals surface area contributed by atoms with Crippen molar-refractivity contribution in [3.63, 3.8) is 0 Å². The first-order valence-corrected chi connectivity index (χ1v) is 22.4. The third kappa shape index (κ3) is 40.6. The zero-order valence-corrected chi connectivity index (χ0v) is 35.8. The van der Waals surface area contributed by atoms with Gasteiger partial charge in [0.25, 0.3) is 0 Å². The number of nitrogens with two attached hydrogens (primary N) is 1. The largest absolute Gasteiger partial charge is 0.480 e. The predicted molar refractivity (Wildman–Crippen MR) is 235 cm³/mol. The lowest BCUT2D eigenvalue weighted by Crippen LogP contribution is -2.34. The Morgan fingerprint density at radius 1 is 0.561 bits per heavy atom. The summed E-state index contributed by atoms with van der Waals surface area (Å²) < 4.78 is 33.2. The molecule has 0 amide bonds. The summed E-state index contributed by atoms with van der Waals surface area (Å²) in [7, 11) is -4.64. The zero-order valence-electron chi connectivity index (χ0n) is 34.9. The number of phosphoric acid groups is 1. The maximum atomic E-state index is 12.6. The molecule has 3 atom stereocenters. The molecule has 0 aliphatic heterocycles. The fourth-order valence-corrected chi connectivity index (χ4v) is 5.63. The van der Waals surface area contributed by atoms with Crippen LogP contribution in [-0.4, -0.2) is 60.5 Å². The van der Waals surface area contributed by atoms with E-state index in [-0.39, 0.29) is 13.0 Å². The first-order valence-electron chi connectivity index (χ1n) is 20.9. The van der Waals surface area contributed by atoms with Crippen molar-refractivity contribution in [2.24, 2.45) is 5.73 Å². The Morgan fingerprint density at radius 3 is 1.40 bits per heavy atom. The van der Waals surface area contributed by atoms with Crippen LogP contribution in [0.3, 0.4) is 0 Å². The summed E-state index contributed by atoms with van der Waals surface area (Å²) in [6, 6.07) is -1.49. The van der Waals surface area contributed by atoms with Gasteiger partial charge in [-0.15, -0.1) is 0 Å². The average Bonchev–Trinajstić information content (AvgIpc) is 3.19. The number of carboxylic acids is 1. The highest BCUT2D eigenvalue weighted by atomic mass is 31.2. The number of phosphoric ester groups is 1. The minimum Gasteiger partial charge on any atom is -0.480 e. The predicted octanol–water partition coefficient (Wildman–Crippen LogP) is 11.5. The van der Waals surface area contributed by atoms with Crippen molar-refractivity contribution in [2.45, 2.75) is 142 Å². The number of ether oxygens (including phenoxy) is 2. The molecular weight excluding hydrogens is 741 g/mol. The van der Waals surface area contributed by atoms with Gasteiger partial charge in [-0.25, -0.2) is 4.57 Å². The Hall–Kier alpha value is -3.37. The maximum absolute atomic E-state index is 12.6. The second-order valence-corrected chi connectivity index (χ2v) is 14.8. The van der Waals surface area contributed by atoms with E-state index in [1.54, 1.807) is 0 Å². The van der Waals surface area contributed by atoms with Crippen molar-refractivity contribution in [1.82, 2.24) is 0 Å². The van der Waals surface area contributed by atoms with Gasteiger partial charge in [-0.1, -0.05) is 136 Å². The molecular formula is C46H74NO9P. The van der Waals surface area contributed by atoms with E-state index >= 15 is 0 Å². The molecule has 4 N–H and O–H groups in total. The number of esters is 1. The van der Waals surface area contributed by atoms with Gasteiger partial charge in [-0.05, 0) is 96.3 Å². The van der Waals surface area contributed by atoms with E-state index in [1.165, 1.54) is 0 Å². The van der Waals surface area contributed by atoms with Crippen LogP contribution in [0.15, 0.2) is 109 Å². The number of rotatable bonds is 38. The lowest BCUT2D eigenvalue weighted by atomic mass is 10.1. The molecule has 0 rings (SSSR count). The molecule has 0 heterocycles. The van der Waals surface area contributed by atoms with Crippen molar-refractivity contribution < 1.29 is 42.7 Å². The first-order chi connectivity index (χ1) is 27.7. The van der Waals surface area contributed by atoms with Crippen LogP contribution in [-0.2, 0) is 32.7 Å². The van der Waals surface area contributed by atoms with Gasteiger partial charge >= 0.3 is 19.8 Å². The van der Waals surface area contributed by atoms with Gasteiger partial charge in [-0.2, -0.15) is 0 Å². The van der Waals surface area contributed by atoms with E-state index in [4.69, 9.17) is 29.4 Å². The summed E-state index contributed by atoms with van der Waals surface area (Å²) in [5, 5.41) is 8.89. The SMILES string of the molecule is CC/C=C\C/C=C\C/C=C\C/C=C\C/C=C\C/C=C\CCCCCOCC(COP(=O)(O)OCC(N)C(=O)O)OC(=O)CCCCC/C=C\C/C=C\C/C=C\CC. The maximum Gasteiger partial charge on any atom is 0.472 e. The highest BCUT2D eigenvalue weighted by Gasteiger charge is 2.27. The molecule has 0 saturated heterocycles. The Balaban J connectivity index is 4.38. The summed E-state index contributed by atoms with van der Waals surface area (Å²) in [5.41, 5.74) is 5.34. The molecule has 57 heavy (non-hydrogen) atoms. The van der Waals surface area contributed by atoms with Crippen molar-refractivity contribution in [2.75, 3.05) is 26.4 Å². The number of hydrogen-bond acceptors (Lipinski definition) is 8. The van der Waals surface area contributed by atoms with Gasteiger partial charge in [0, 0.05) is 13.0 Å². The molecule has 0 bridgehead atoms. The summed E-state index contributed by atoms with van der Waals surface area (Å²) in [5.74, 6) is -1.84. The van der Waals surface area contributed by atoms with E-state index in [2.05, 4.69) is 123 Å². The summed E-state index contributed by atoms with van der Waals surface area (Å²) in [4.78, 5) is 33.5. The second-order valence-electron chi connectivity index (χ2n) is 13.3. The van der Waals surface area contributed by atoms with Gasteiger partial charge < -0.3 is 25.2 Å². The van der Waals surface area contributed by atoms with Gasteiger partial charge in [0.2, 0.25) is 0 Å². The quantitative estimate of drug-likeness (QED) is 0.0237. The summed E-state index contributed by atoms with van der Waals surface area (Å²) in [6.45, 7) is 3.49. The fraction of sp³-hybridized carbons (Fsp3) is 0.565. The smallest absolute Gasteiger partial charge is 0.472 e. The van der Waals surface area contributed by atoms with Crippen LogP contribution < -0.4 is 5.73 Å². The van der Waals surface area contributed by atoms with Gasteiger partial charge in [0.1, 0.15) is 12.1 Å². The second kappa shape index (κ2) is 40.8. The number of unbranched alkanes of at least 4 members (excludes halogenated alkanes) is 6. The van der Waals surface area contributed by atoms with Crippen LogP contribution in [0.1, 0.15) is 129 Å². The molecule has 0 fully saturated rings. The van der Waals surface area contributed by atoms with E-state index in [0.29, 0.717) is 13.0 Å². The Kier molecular flexibility index (Phi) is 38.4. The van der Waals surface area contributed by atoms with Crippen LogP contribution in [0.4, 0.5) is 0 Å². The molecule has 10 nitrogen and oxygen atoms in total. The fourth-order valence-electron chi connectivity index (χ4n) is 4.85. The van der Waals surface area contributed by atoms with Crippen LogP contribution in [0.5, 0.6) is 0 Å². The van der Waals surface area contributed by atoms with E-state index in [9.17, 15) is 19.0 Å². The molecule has 11 heteroatoms. The van der Waals surface area contributed by atoms with Gasteiger partial charge in [0.15, 0.2) is 0 Å². The third-order valence-corrected chi connectivity index (χ3v) is 9.00. The Labute approximate surface area is 344 Å². The monoisotopic (exact) mass is 816 g/mol. The molecule has 0 aromatic carbocycles. The number of aliphatic carboxylic acids is 1. The Morgan fingerprint density at radius 2 is 0.965 bits per heavy atom. The first kappa shape index (κ1) is 53.6. The van der Waals surface area contributed by atoms with Crippen LogP contribution >= 0.6 is 7.82 Å². The van der Waals surface area contributed by atoms with Gasteiger partial charge in [-0.3, -0.25) is 18.6 Å². The summed E-state index contributed by atoms with van der Waals surface area (Å²) in [6.07, 6.45) is 54.4. The topological polar surface area (TPSA) is 155 Å². The lowest BCUT2D eigenvalue weighted by molar-refractivity contribution is -0.154. The number of carbonyl (C=O) groups is 2.